The van der Waals surface area contributed by atoms with Gasteiger partial charge in [0.2, 0.25) is 5.91 Å². The lowest BCUT2D eigenvalue weighted by Gasteiger charge is -2.22. The van der Waals surface area contributed by atoms with Crippen LogP contribution in [0, 0.1) is 5.82 Å². The average molecular weight is 372 g/mol. The van der Waals surface area contributed by atoms with Crippen LogP contribution in [0.3, 0.4) is 0 Å². The highest BCUT2D eigenvalue weighted by molar-refractivity contribution is 7.20. The number of thiophene rings is 1. The Morgan fingerprint density at radius 1 is 1.20 bits per heavy atom. The molecule has 1 aliphatic rings. The van der Waals surface area contributed by atoms with Crippen LogP contribution >= 0.6 is 22.7 Å². The summed E-state index contributed by atoms with van der Waals surface area (Å²) in [6, 6.07) is 10.9. The predicted octanol–water partition coefficient (Wildman–Crippen LogP) is 4.74. The Bertz CT molecular complexity index is 871. The fraction of sp³-hybridized carbons (Fsp3) is 0.263. The molecule has 1 aliphatic carbocycles. The molecule has 1 saturated carbocycles. The molecular formula is C19H17FN2OS2. The Labute approximate surface area is 153 Å². The summed E-state index contributed by atoms with van der Waals surface area (Å²) in [6.07, 6.45) is 2.27. The first-order chi connectivity index (χ1) is 12.2. The second-order valence-corrected chi connectivity index (χ2v) is 7.95. The van der Waals surface area contributed by atoms with Crippen LogP contribution in [0.5, 0.6) is 0 Å². The Morgan fingerprint density at radius 2 is 2.04 bits per heavy atom. The van der Waals surface area contributed by atoms with Gasteiger partial charge in [-0.05, 0) is 30.4 Å². The van der Waals surface area contributed by atoms with E-state index in [1.807, 2.05) is 33.9 Å². The molecule has 0 saturated heterocycles. The number of hydrogen-bond donors (Lipinski definition) is 0. The van der Waals surface area contributed by atoms with Gasteiger partial charge in [0.1, 0.15) is 10.8 Å². The van der Waals surface area contributed by atoms with Gasteiger partial charge in [0, 0.05) is 23.5 Å². The molecule has 0 bridgehead atoms. The molecule has 0 radical (unpaired) electrons. The van der Waals surface area contributed by atoms with Gasteiger partial charge < -0.3 is 4.90 Å². The van der Waals surface area contributed by atoms with Crippen LogP contribution in [0.2, 0.25) is 0 Å². The second-order valence-electron chi connectivity index (χ2n) is 6.14. The van der Waals surface area contributed by atoms with Crippen LogP contribution in [-0.4, -0.2) is 21.8 Å². The number of halogens is 1. The van der Waals surface area contributed by atoms with Crippen molar-refractivity contribution >= 4 is 28.6 Å². The lowest BCUT2D eigenvalue weighted by molar-refractivity contribution is -0.131. The largest absolute Gasteiger partial charge is 0.335 e. The third kappa shape index (κ3) is 3.80. The maximum atomic E-state index is 13.9. The molecule has 0 aliphatic heterocycles. The van der Waals surface area contributed by atoms with Gasteiger partial charge >= 0.3 is 0 Å². The van der Waals surface area contributed by atoms with E-state index in [2.05, 4.69) is 4.98 Å². The zero-order valence-corrected chi connectivity index (χ0v) is 15.2. The Hall–Kier alpha value is -2.05. The van der Waals surface area contributed by atoms with Crippen molar-refractivity contribution in [3.05, 3.63) is 64.2 Å². The summed E-state index contributed by atoms with van der Waals surface area (Å²) < 4.78 is 13.9. The number of benzene rings is 1. The predicted molar refractivity (Wildman–Crippen MR) is 99.1 cm³/mol. The molecule has 128 valence electrons. The molecule has 2 heterocycles. The lowest BCUT2D eigenvalue weighted by atomic mass is 10.2. The van der Waals surface area contributed by atoms with Crippen molar-refractivity contribution in [2.75, 3.05) is 0 Å². The monoisotopic (exact) mass is 372 g/mol. The van der Waals surface area contributed by atoms with E-state index in [4.69, 9.17) is 0 Å². The summed E-state index contributed by atoms with van der Waals surface area (Å²) in [5.74, 6) is -0.233. The van der Waals surface area contributed by atoms with E-state index in [0.717, 1.165) is 28.4 Å². The quantitative estimate of drug-likeness (QED) is 0.626. The summed E-state index contributed by atoms with van der Waals surface area (Å²) in [7, 11) is 0. The van der Waals surface area contributed by atoms with Gasteiger partial charge in [-0.2, -0.15) is 0 Å². The van der Waals surface area contributed by atoms with E-state index in [1.165, 1.54) is 6.07 Å². The minimum Gasteiger partial charge on any atom is -0.335 e. The van der Waals surface area contributed by atoms with E-state index in [0.29, 0.717) is 12.1 Å². The Balaban J connectivity index is 1.47. The molecule has 0 N–H and O–H groups in total. The van der Waals surface area contributed by atoms with Crippen LogP contribution in [0.1, 0.15) is 24.1 Å². The molecule has 1 fully saturated rings. The van der Waals surface area contributed by atoms with Gasteiger partial charge in [0.25, 0.3) is 0 Å². The normalized spacial score (nSPS) is 13.8. The molecule has 4 rings (SSSR count). The fourth-order valence-corrected chi connectivity index (χ4v) is 4.41. The third-order valence-corrected chi connectivity index (χ3v) is 6.15. The van der Waals surface area contributed by atoms with Crippen molar-refractivity contribution in [2.45, 2.75) is 31.8 Å². The first kappa shape index (κ1) is 16.4. The second kappa shape index (κ2) is 7.06. The van der Waals surface area contributed by atoms with Crippen molar-refractivity contribution < 1.29 is 9.18 Å². The fourth-order valence-electron chi connectivity index (χ4n) is 2.78. The molecule has 0 spiro atoms. The molecule has 6 heteroatoms. The number of nitrogens with zero attached hydrogens (tertiary/aromatic N) is 2. The van der Waals surface area contributed by atoms with Crippen molar-refractivity contribution in [1.29, 1.82) is 0 Å². The molecule has 1 amide bonds. The van der Waals surface area contributed by atoms with Crippen LogP contribution < -0.4 is 0 Å². The minimum absolute atomic E-state index is 0.0220. The van der Waals surface area contributed by atoms with Crippen molar-refractivity contribution in [1.82, 2.24) is 9.88 Å². The van der Waals surface area contributed by atoms with Gasteiger partial charge in [-0.15, -0.1) is 22.7 Å². The number of aromatic nitrogens is 1. The minimum atomic E-state index is -0.255. The van der Waals surface area contributed by atoms with Gasteiger partial charge in [-0.1, -0.05) is 24.3 Å². The van der Waals surface area contributed by atoms with Crippen LogP contribution in [0.15, 0.2) is 47.2 Å². The average Bonchev–Trinajstić information content (AvgIpc) is 3.09. The Morgan fingerprint density at radius 3 is 2.76 bits per heavy atom. The number of amides is 1. The number of carbonyl (C=O) groups is 1. The van der Waals surface area contributed by atoms with Gasteiger partial charge in [0.15, 0.2) is 0 Å². The highest BCUT2D eigenvalue weighted by atomic mass is 32.1. The molecule has 1 aromatic carbocycles. The van der Waals surface area contributed by atoms with Crippen molar-refractivity contribution in [3.8, 4) is 9.88 Å². The Kier molecular flexibility index (Phi) is 4.63. The summed E-state index contributed by atoms with van der Waals surface area (Å²) >= 11 is 3.20. The lowest BCUT2D eigenvalue weighted by Crippen LogP contribution is -2.34. The van der Waals surface area contributed by atoms with Crippen molar-refractivity contribution in [3.63, 3.8) is 0 Å². The first-order valence-corrected chi connectivity index (χ1v) is 9.98. The maximum absolute atomic E-state index is 13.9. The standard InChI is InChI=1S/C19H17FN2OS2/c20-16-5-2-1-4-13(16)11-22(15-7-8-15)18(23)10-14-12-25-19(21-14)17-6-3-9-24-17/h1-6,9,12,15H,7-8,10-11H2. The third-order valence-electron chi connectivity index (χ3n) is 4.22. The zero-order chi connectivity index (χ0) is 17.2. The summed E-state index contributed by atoms with van der Waals surface area (Å²) in [5.41, 5.74) is 1.36. The summed E-state index contributed by atoms with van der Waals surface area (Å²) in [6.45, 7) is 0.331. The van der Waals surface area contributed by atoms with Crippen LogP contribution in [-0.2, 0) is 17.8 Å². The SMILES string of the molecule is O=C(Cc1csc(-c2cccs2)n1)N(Cc1ccccc1F)C1CC1. The molecule has 0 atom stereocenters. The van der Waals surface area contributed by atoms with Gasteiger partial charge in [-0.3, -0.25) is 4.79 Å². The molecule has 3 nitrogen and oxygen atoms in total. The summed E-state index contributed by atoms with van der Waals surface area (Å²) in [4.78, 5) is 20.3. The highest BCUT2D eigenvalue weighted by Crippen LogP contribution is 2.31. The van der Waals surface area contributed by atoms with Gasteiger partial charge in [-0.25, -0.2) is 9.37 Å². The number of carbonyl (C=O) groups excluding carboxylic acids is 1. The molecule has 0 unspecified atom stereocenters. The van der Waals surface area contributed by atoms with Crippen molar-refractivity contribution in [2.24, 2.45) is 0 Å². The van der Waals surface area contributed by atoms with Gasteiger partial charge in [0.05, 0.1) is 17.0 Å². The number of hydrogen-bond acceptors (Lipinski definition) is 4. The molecule has 25 heavy (non-hydrogen) atoms. The van der Waals surface area contributed by atoms with E-state index >= 15 is 0 Å². The maximum Gasteiger partial charge on any atom is 0.229 e. The topological polar surface area (TPSA) is 33.2 Å². The van der Waals surface area contributed by atoms with E-state index in [-0.39, 0.29) is 24.2 Å². The number of rotatable bonds is 6. The molecule has 3 aromatic rings. The van der Waals surface area contributed by atoms with E-state index < -0.39 is 0 Å². The molecular weight excluding hydrogens is 355 g/mol. The van der Waals surface area contributed by atoms with E-state index in [1.54, 1.807) is 34.8 Å². The summed E-state index contributed by atoms with van der Waals surface area (Å²) in [5, 5.41) is 4.91. The van der Waals surface area contributed by atoms with Crippen LogP contribution in [0.25, 0.3) is 9.88 Å². The van der Waals surface area contributed by atoms with E-state index in [9.17, 15) is 9.18 Å². The number of thiazole rings is 1. The van der Waals surface area contributed by atoms with Crippen LogP contribution in [0.4, 0.5) is 4.39 Å². The first-order valence-electron chi connectivity index (χ1n) is 8.22. The highest BCUT2D eigenvalue weighted by Gasteiger charge is 2.33. The molecule has 2 aromatic heterocycles. The smallest absolute Gasteiger partial charge is 0.229 e. The zero-order valence-electron chi connectivity index (χ0n) is 13.5.